The van der Waals surface area contributed by atoms with E-state index in [4.69, 9.17) is 9.84 Å². The second kappa shape index (κ2) is 12.8. The second-order valence-electron chi connectivity index (χ2n) is 6.00. The first-order valence-electron chi connectivity index (χ1n) is 8.59. The van der Waals surface area contributed by atoms with Gasteiger partial charge in [0.2, 0.25) is 0 Å². The van der Waals surface area contributed by atoms with Gasteiger partial charge in [-0.3, -0.25) is 0 Å². The molecule has 0 unspecified atom stereocenters. The van der Waals surface area contributed by atoms with Crippen molar-refractivity contribution >= 4 is 0 Å². The summed E-state index contributed by atoms with van der Waals surface area (Å²) in [6.07, 6.45) is 11.0. The van der Waals surface area contributed by atoms with Gasteiger partial charge in [0.05, 0.1) is 12.7 Å². The van der Waals surface area contributed by atoms with Crippen LogP contribution in [0.15, 0.2) is 30.3 Å². The smallest absolute Gasteiger partial charge is 0.0716 e. The molecule has 0 saturated heterocycles. The number of rotatable bonds is 13. The summed E-state index contributed by atoms with van der Waals surface area (Å²) < 4.78 is 5.68. The van der Waals surface area contributed by atoms with Crippen molar-refractivity contribution in [1.82, 2.24) is 0 Å². The highest BCUT2D eigenvalue weighted by Gasteiger charge is 1.96. The molecule has 21 heavy (non-hydrogen) atoms. The summed E-state index contributed by atoms with van der Waals surface area (Å²) in [6.45, 7) is 3.49. The lowest BCUT2D eigenvalue weighted by atomic mass is 10.1. The van der Waals surface area contributed by atoms with Crippen molar-refractivity contribution in [1.29, 1.82) is 0 Å². The Morgan fingerprint density at radius 1 is 0.857 bits per heavy atom. The van der Waals surface area contributed by atoms with Crippen LogP contribution < -0.4 is 0 Å². The zero-order chi connectivity index (χ0) is 15.2. The molecule has 1 N–H and O–H groups in total. The average molecular weight is 292 g/mol. The molecule has 0 heterocycles. The lowest BCUT2D eigenvalue weighted by Crippen LogP contribution is -1.98. The molecule has 120 valence electrons. The molecule has 0 bridgehead atoms. The maximum atomic E-state index is 9.16. The van der Waals surface area contributed by atoms with E-state index < -0.39 is 0 Å². The van der Waals surface area contributed by atoms with E-state index in [1.165, 1.54) is 56.9 Å². The number of benzene rings is 1. The van der Waals surface area contributed by atoms with Gasteiger partial charge >= 0.3 is 0 Å². The molecule has 0 aliphatic carbocycles. The maximum absolute atomic E-state index is 9.16. The number of hydrogen-bond donors (Lipinski definition) is 1. The third kappa shape index (κ3) is 11.5. The van der Waals surface area contributed by atoms with Crippen LogP contribution in [0.5, 0.6) is 0 Å². The van der Waals surface area contributed by atoms with Gasteiger partial charge in [0, 0.05) is 6.61 Å². The first kappa shape index (κ1) is 18.2. The Balaban J connectivity index is 1.77. The topological polar surface area (TPSA) is 29.5 Å². The van der Waals surface area contributed by atoms with Gasteiger partial charge in [-0.05, 0) is 25.3 Å². The molecule has 0 radical (unpaired) electrons. The molecular formula is C19H32O2. The fraction of sp³-hybridized carbons (Fsp3) is 0.684. The molecule has 0 aromatic heterocycles. The zero-order valence-corrected chi connectivity index (χ0v) is 13.6. The first-order valence-corrected chi connectivity index (χ1v) is 8.59. The molecular weight excluding hydrogens is 260 g/mol. The van der Waals surface area contributed by atoms with Crippen LogP contribution in [0, 0.1) is 0 Å². The number of unbranched alkanes of at least 4 members (excludes halogenated alkanes) is 7. The predicted molar refractivity (Wildman–Crippen MR) is 89.3 cm³/mol. The molecule has 0 saturated carbocycles. The molecule has 2 nitrogen and oxygen atoms in total. The van der Waals surface area contributed by atoms with Crippen LogP contribution in [0.4, 0.5) is 0 Å². The summed E-state index contributed by atoms with van der Waals surface area (Å²) >= 11 is 0. The molecule has 0 fully saturated rings. The summed E-state index contributed by atoms with van der Waals surface area (Å²) in [7, 11) is 0. The highest BCUT2D eigenvalue weighted by atomic mass is 16.5. The van der Waals surface area contributed by atoms with E-state index in [1.807, 2.05) is 13.0 Å². The molecule has 0 aliphatic rings. The minimum atomic E-state index is -0.124. The van der Waals surface area contributed by atoms with Crippen molar-refractivity contribution in [2.75, 3.05) is 6.61 Å². The fourth-order valence-corrected chi connectivity index (χ4v) is 2.47. The number of aliphatic hydroxyl groups is 1. The van der Waals surface area contributed by atoms with Crippen LogP contribution in [0.2, 0.25) is 0 Å². The summed E-state index contributed by atoms with van der Waals surface area (Å²) in [5.74, 6) is 0. The lowest BCUT2D eigenvalue weighted by Gasteiger charge is -2.05. The normalized spacial score (nSPS) is 12.5. The van der Waals surface area contributed by atoms with Crippen LogP contribution in [-0.4, -0.2) is 17.8 Å². The van der Waals surface area contributed by atoms with Crippen LogP contribution in [0.3, 0.4) is 0 Å². The van der Waals surface area contributed by atoms with Crippen molar-refractivity contribution in [2.24, 2.45) is 0 Å². The Morgan fingerprint density at radius 2 is 1.43 bits per heavy atom. The van der Waals surface area contributed by atoms with Crippen molar-refractivity contribution in [3.8, 4) is 0 Å². The standard InChI is InChI=1S/C19H32O2/c1-18(20)13-9-6-4-2-3-5-7-12-16-21-17-19-14-10-8-11-15-19/h8,10-11,14-15,18,20H,2-7,9,12-13,16-17H2,1H3/t18-/m0/s1. The molecule has 1 rings (SSSR count). The van der Waals surface area contributed by atoms with E-state index in [0.717, 1.165) is 19.6 Å². The Hall–Kier alpha value is -0.860. The fourth-order valence-electron chi connectivity index (χ4n) is 2.47. The number of aliphatic hydroxyl groups excluding tert-OH is 1. The van der Waals surface area contributed by atoms with Crippen LogP contribution in [0.25, 0.3) is 0 Å². The van der Waals surface area contributed by atoms with Gasteiger partial charge in [-0.2, -0.15) is 0 Å². The summed E-state index contributed by atoms with van der Waals surface area (Å²) in [6, 6.07) is 10.4. The van der Waals surface area contributed by atoms with Gasteiger partial charge in [-0.15, -0.1) is 0 Å². The average Bonchev–Trinajstić information content (AvgIpc) is 2.49. The van der Waals surface area contributed by atoms with E-state index in [-0.39, 0.29) is 6.10 Å². The Bertz CT molecular complexity index is 322. The Morgan fingerprint density at radius 3 is 2.05 bits per heavy atom. The lowest BCUT2D eigenvalue weighted by molar-refractivity contribution is 0.116. The monoisotopic (exact) mass is 292 g/mol. The minimum Gasteiger partial charge on any atom is -0.393 e. The van der Waals surface area contributed by atoms with E-state index in [9.17, 15) is 0 Å². The van der Waals surface area contributed by atoms with Crippen LogP contribution in [-0.2, 0) is 11.3 Å². The first-order chi connectivity index (χ1) is 10.3. The molecule has 1 aromatic rings. The summed E-state index contributed by atoms with van der Waals surface area (Å²) in [5.41, 5.74) is 1.26. The van der Waals surface area contributed by atoms with Crippen LogP contribution in [0.1, 0.15) is 70.3 Å². The number of ether oxygens (including phenoxy) is 1. The van der Waals surface area contributed by atoms with Crippen molar-refractivity contribution in [2.45, 2.75) is 77.4 Å². The highest BCUT2D eigenvalue weighted by molar-refractivity contribution is 5.13. The maximum Gasteiger partial charge on any atom is 0.0716 e. The zero-order valence-electron chi connectivity index (χ0n) is 13.6. The second-order valence-corrected chi connectivity index (χ2v) is 6.00. The molecule has 2 heteroatoms. The van der Waals surface area contributed by atoms with Crippen LogP contribution >= 0.6 is 0 Å². The van der Waals surface area contributed by atoms with E-state index in [2.05, 4.69) is 24.3 Å². The van der Waals surface area contributed by atoms with Gasteiger partial charge in [0.15, 0.2) is 0 Å². The third-order valence-electron chi connectivity index (χ3n) is 3.77. The molecule has 1 atom stereocenters. The van der Waals surface area contributed by atoms with Gasteiger partial charge in [0.25, 0.3) is 0 Å². The quantitative estimate of drug-likeness (QED) is 0.513. The largest absolute Gasteiger partial charge is 0.393 e. The van der Waals surface area contributed by atoms with Gasteiger partial charge in [-0.25, -0.2) is 0 Å². The molecule has 0 amide bonds. The minimum absolute atomic E-state index is 0.124. The SMILES string of the molecule is C[C@H](O)CCCCCCCCCCOCc1ccccc1. The molecule has 1 aromatic carbocycles. The van der Waals surface area contributed by atoms with Crippen molar-refractivity contribution in [3.63, 3.8) is 0 Å². The highest BCUT2D eigenvalue weighted by Crippen LogP contribution is 2.11. The third-order valence-corrected chi connectivity index (χ3v) is 3.77. The summed E-state index contributed by atoms with van der Waals surface area (Å²) in [5, 5.41) is 9.16. The molecule has 0 spiro atoms. The Labute approximate surface area is 130 Å². The predicted octanol–water partition coefficient (Wildman–Crippen LogP) is 5.09. The number of hydrogen-bond acceptors (Lipinski definition) is 2. The van der Waals surface area contributed by atoms with E-state index in [0.29, 0.717) is 0 Å². The van der Waals surface area contributed by atoms with Crippen molar-refractivity contribution in [3.05, 3.63) is 35.9 Å². The van der Waals surface area contributed by atoms with E-state index in [1.54, 1.807) is 0 Å². The van der Waals surface area contributed by atoms with Gasteiger partial charge < -0.3 is 9.84 Å². The van der Waals surface area contributed by atoms with E-state index >= 15 is 0 Å². The van der Waals surface area contributed by atoms with Crippen molar-refractivity contribution < 1.29 is 9.84 Å². The molecule has 0 aliphatic heterocycles. The van der Waals surface area contributed by atoms with Gasteiger partial charge in [0.1, 0.15) is 0 Å². The Kier molecular flexibility index (Phi) is 11.1. The van der Waals surface area contributed by atoms with Gasteiger partial charge in [-0.1, -0.05) is 75.3 Å². The summed E-state index contributed by atoms with van der Waals surface area (Å²) in [4.78, 5) is 0.